The summed E-state index contributed by atoms with van der Waals surface area (Å²) in [6.07, 6.45) is 0. The second-order valence-electron chi connectivity index (χ2n) is 4.46. The van der Waals surface area contributed by atoms with Gasteiger partial charge < -0.3 is 15.4 Å². The largest absolute Gasteiger partial charge is 0.496 e. The van der Waals surface area contributed by atoms with Gasteiger partial charge in [0.05, 0.1) is 7.11 Å². The number of rotatable bonds is 4. The number of amides is 2. The molecule has 0 saturated heterocycles. The molecule has 0 aliphatic carbocycles. The lowest BCUT2D eigenvalue weighted by molar-refractivity contribution is -0.136. The molecule has 0 unspecified atom stereocenters. The van der Waals surface area contributed by atoms with Crippen molar-refractivity contribution in [1.82, 2.24) is 5.32 Å². The Morgan fingerprint density at radius 2 is 1.86 bits per heavy atom. The van der Waals surface area contributed by atoms with Gasteiger partial charge in [-0.3, -0.25) is 9.59 Å². The molecule has 0 saturated carbocycles. The summed E-state index contributed by atoms with van der Waals surface area (Å²) >= 11 is 3.30. The third-order valence-electron chi connectivity index (χ3n) is 2.92. The first kappa shape index (κ1) is 16.0. The van der Waals surface area contributed by atoms with Crippen molar-refractivity contribution in [3.63, 3.8) is 0 Å². The lowest BCUT2D eigenvalue weighted by Gasteiger charge is -2.09. The normalized spacial score (nSPS) is 9.91. The summed E-state index contributed by atoms with van der Waals surface area (Å²) < 4.78 is 6.01. The molecule has 2 aromatic carbocycles. The Hall–Kier alpha value is -2.34. The van der Waals surface area contributed by atoms with Gasteiger partial charge in [0.1, 0.15) is 5.75 Å². The van der Waals surface area contributed by atoms with E-state index in [1.807, 2.05) is 24.3 Å². The molecule has 2 aromatic rings. The maximum atomic E-state index is 11.8. The molecular formula is C16H15BrN2O3. The highest BCUT2D eigenvalue weighted by molar-refractivity contribution is 9.10. The Labute approximate surface area is 136 Å². The van der Waals surface area contributed by atoms with Crippen molar-refractivity contribution < 1.29 is 14.3 Å². The van der Waals surface area contributed by atoms with Crippen LogP contribution >= 0.6 is 15.9 Å². The number of methoxy groups -OCH3 is 1. The van der Waals surface area contributed by atoms with Crippen LogP contribution in [-0.2, 0) is 16.1 Å². The van der Waals surface area contributed by atoms with Crippen LogP contribution in [0.1, 0.15) is 5.56 Å². The van der Waals surface area contributed by atoms with E-state index in [9.17, 15) is 9.59 Å². The number of para-hydroxylation sites is 1. The Morgan fingerprint density at radius 1 is 1.09 bits per heavy atom. The molecule has 0 aliphatic heterocycles. The predicted octanol–water partition coefficient (Wildman–Crippen LogP) is 2.71. The minimum absolute atomic E-state index is 0.217. The van der Waals surface area contributed by atoms with Crippen molar-refractivity contribution in [2.75, 3.05) is 12.4 Å². The van der Waals surface area contributed by atoms with Crippen LogP contribution in [0, 0.1) is 0 Å². The monoisotopic (exact) mass is 362 g/mol. The second-order valence-corrected chi connectivity index (χ2v) is 5.37. The summed E-state index contributed by atoms with van der Waals surface area (Å²) in [6.45, 7) is 0.217. The van der Waals surface area contributed by atoms with Crippen LogP contribution in [0.3, 0.4) is 0 Å². The second kappa shape index (κ2) is 7.61. The first-order valence-corrected chi connectivity index (χ1v) is 7.36. The number of ether oxygens (including phenoxy) is 1. The molecule has 0 aromatic heterocycles. The van der Waals surface area contributed by atoms with E-state index in [1.165, 1.54) is 0 Å². The third kappa shape index (κ3) is 4.33. The van der Waals surface area contributed by atoms with Crippen LogP contribution < -0.4 is 15.4 Å². The Balaban J connectivity index is 1.93. The van der Waals surface area contributed by atoms with Gasteiger partial charge in [-0.25, -0.2) is 0 Å². The van der Waals surface area contributed by atoms with E-state index in [-0.39, 0.29) is 6.54 Å². The lowest BCUT2D eigenvalue weighted by atomic mass is 10.2. The van der Waals surface area contributed by atoms with Crippen molar-refractivity contribution >= 4 is 33.4 Å². The third-order valence-corrected chi connectivity index (χ3v) is 3.41. The molecule has 5 nitrogen and oxygen atoms in total. The predicted molar refractivity (Wildman–Crippen MR) is 87.6 cm³/mol. The first-order chi connectivity index (χ1) is 10.6. The van der Waals surface area contributed by atoms with Crippen LogP contribution in [0.5, 0.6) is 5.75 Å². The molecule has 0 heterocycles. The van der Waals surface area contributed by atoms with Crippen LogP contribution in [-0.4, -0.2) is 18.9 Å². The summed E-state index contributed by atoms with van der Waals surface area (Å²) in [5.41, 5.74) is 1.35. The molecule has 2 amide bonds. The molecular weight excluding hydrogens is 348 g/mol. The highest BCUT2D eigenvalue weighted by Crippen LogP contribution is 2.17. The van der Waals surface area contributed by atoms with Gasteiger partial charge in [-0.1, -0.05) is 40.2 Å². The minimum atomic E-state index is -0.715. The van der Waals surface area contributed by atoms with E-state index >= 15 is 0 Å². The fourth-order valence-corrected chi connectivity index (χ4v) is 2.26. The number of halogens is 1. The van der Waals surface area contributed by atoms with Crippen LogP contribution in [0.2, 0.25) is 0 Å². The van der Waals surface area contributed by atoms with E-state index < -0.39 is 11.8 Å². The van der Waals surface area contributed by atoms with Crippen molar-refractivity contribution in [2.24, 2.45) is 0 Å². The summed E-state index contributed by atoms with van der Waals surface area (Å²) in [5, 5.41) is 5.10. The number of hydrogen-bond donors (Lipinski definition) is 2. The van der Waals surface area contributed by atoms with E-state index in [4.69, 9.17) is 4.74 Å². The quantitative estimate of drug-likeness (QED) is 0.821. The fraction of sp³-hybridized carbons (Fsp3) is 0.125. The molecule has 0 radical (unpaired) electrons. The molecule has 2 N–H and O–H groups in total. The molecule has 0 fully saturated rings. The Kier molecular flexibility index (Phi) is 5.55. The number of carbonyl (C=O) groups is 2. The zero-order chi connectivity index (χ0) is 15.9. The average Bonchev–Trinajstić information content (AvgIpc) is 2.52. The SMILES string of the molecule is COc1ccccc1CNC(=O)C(=O)Nc1cccc(Br)c1. The van der Waals surface area contributed by atoms with Gasteiger partial charge >= 0.3 is 11.8 Å². The maximum Gasteiger partial charge on any atom is 0.313 e. The number of anilines is 1. The van der Waals surface area contributed by atoms with Gasteiger partial charge in [0.25, 0.3) is 0 Å². The highest BCUT2D eigenvalue weighted by Gasteiger charge is 2.14. The molecule has 22 heavy (non-hydrogen) atoms. The van der Waals surface area contributed by atoms with E-state index in [0.29, 0.717) is 11.4 Å². The number of hydrogen-bond acceptors (Lipinski definition) is 3. The van der Waals surface area contributed by atoms with Gasteiger partial charge in [-0.15, -0.1) is 0 Å². The van der Waals surface area contributed by atoms with Crippen molar-refractivity contribution in [2.45, 2.75) is 6.54 Å². The van der Waals surface area contributed by atoms with Gasteiger partial charge in [-0.05, 0) is 24.3 Å². The van der Waals surface area contributed by atoms with Gasteiger partial charge in [0.2, 0.25) is 0 Å². The van der Waals surface area contributed by atoms with Crippen molar-refractivity contribution in [1.29, 1.82) is 0 Å². The number of carbonyl (C=O) groups excluding carboxylic acids is 2. The van der Waals surface area contributed by atoms with Crippen LogP contribution in [0.4, 0.5) is 5.69 Å². The lowest BCUT2D eigenvalue weighted by Crippen LogP contribution is -2.35. The summed E-state index contributed by atoms with van der Waals surface area (Å²) in [6, 6.07) is 14.3. The minimum Gasteiger partial charge on any atom is -0.496 e. The van der Waals surface area contributed by atoms with Crippen LogP contribution in [0.25, 0.3) is 0 Å². The van der Waals surface area contributed by atoms with E-state index in [2.05, 4.69) is 26.6 Å². The molecule has 2 rings (SSSR count). The Bertz CT molecular complexity index is 689. The zero-order valence-corrected chi connectivity index (χ0v) is 13.5. The van der Waals surface area contributed by atoms with Gasteiger partial charge in [0.15, 0.2) is 0 Å². The molecule has 0 bridgehead atoms. The van der Waals surface area contributed by atoms with E-state index in [1.54, 1.807) is 31.4 Å². The standard InChI is InChI=1S/C16H15BrN2O3/c1-22-14-8-3-2-5-11(14)10-18-15(20)16(21)19-13-7-4-6-12(17)9-13/h2-9H,10H2,1H3,(H,18,20)(H,19,21). The smallest absolute Gasteiger partial charge is 0.313 e. The maximum absolute atomic E-state index is 11.8. The number of nitrogens with one attached hydrogen (secondary N) is 2. The van der Waals surface area contributed by atoms with Gasteiger partial charge in [0, 0.05) is 22.3 Å². The topological polar surface area (TPSA) is 67.4 Å². The molecule has 0 aliphatic rings. The van der Waals surface area contributed by atoms with Gasteiger partial charge in [-0.2, -0.15) is 0 Å². The summed E-state index contributed by atoms with van der Waals surface area (Å²) in [7, 11) is 1.56. The highest BCUT2D eigenvalue weighted by atomic mass is 79.9. The average molecular weight is 363 g/mol. The first-order valence-electron chi connectivity index (χ1n) is 6.57. The van der Waals surface area contributed by atoms with Crippen molar-refractivity contribution in [3.05, 3.63) is 58.6 Å². The molecule has 6 heteroatoms. The summed E-state index contributed by atoms with van der Waals surface area (Å²) in [4.78, 5) is 23.7. The molecule has 0 atom stereocenters. The zero-order valence-electron chi connectivity index (χ0n) is 11.9. The van der Waals surface area contributed by atoms with Crippen LogP contribution in [0.15, 0.2) is 53.0 Å². The number of benzene rings is 2. The summed E-state index contributed by atoms with van der Waals surface area (Å²) in [5.74, 6) is -0.755. The van der Waals surface area contributed by atoms with Crippen molar-refractivity contribution in [3.8, 4) is 5.75 Å². The van der Waals surface area contributed by atoms with E-state index in [0.717, 1.165) is 10.0 Å². The Morgan fingerprint density at radius 3 is 2.59 bits per heavy atom. The molecule has 0 spiro atoms. The fourth-order valence-electron chi connectivity index (χ4n) is 1.86. The molecule has 114 valence electrons.